The molecule has 0 spiro atoms. The lowest BCUT2D eigenvalue weighted by atomic mass is 10.1. The number of hydrogen-bond donors (Lipinski definition) is 0. The van der Waals surface area contributed by atoms with Crippen LogP contribution in [0.25, 0.3) is 21.3 Å². The predicted molar refractivity (Wildman–Crippen MR) is 116 cm³/mol. The van der Waals surface area contributed by atoms with E-state index in [-0.39, 0.29) is 6.09 Å². The molecule has 1 aliphatic rings. The normalized spacial score (nSPS) is 14.6. The molecule has 0 radical (unpaired) electrons. The molecular formula is C21H25N5O2S. The fourth-order valence-corrected chi connectivity index (χ4v) is 4.57. The minimum Gasteiger partial charge on any atom is -0.453 e. The summed E-state index contributed by atoms with van der Waals surface area (Å²) >= 11 is 1.66. The van der Waals surface area contributed by atoms with Crippen molar-refractivity contribution >= 4 is 33.5 Å². The smallest absolute Gasteiger partial charge is 0.409 e. The molecule has 0 unspecified atom stereocenters. The van der Waals surface area contributed by atoms with Crippen molar-refractivity contribution in [2.24, 2.45) is 0 Å². The van der Waals surface area contributed by atoms with Crippen molar-refractivity contribution in [2.75, 3.05) is 52.3 Å². The molecule has 4 rings (SSSR count). The number of hydrogen-bond acceptors (Lipinski definition) is 7. The molecule has 1 aromatic carbocycles. The van der Waals surface area contributed by atoms with Crippen LogP contribution in [-0.4, -0.2) is 73.2 Å². The van der Waals surface area contributed by atoms with Gasteiger partial charge in [0.15, 0.2) is 0 Å². The Balaban J connectivity index is 1.76. The highest BCUT2D eigenvalue weighted by atomic mass is 32.1. The number of aromatic nitrogens is 2. The van der Waals surface area contributed by atoms with Crippen LogP contribution in [0.15, 0.2) is 35.7 Å². The molecular weight excluding hydrogens is 386 g/mol. The van der Waals surface area contributed by atoms with Crippen LogP contribution >= 0.6 is 11.3 Å². The molecule has 29 heavy (non-hydrogen) atoms. The molecule has 0 N–H and O–H groups in total. The van der Waals surface area contributed by atoms with Gasteiger partial charge in [0.05, 0.1) is 19.0 Å². The lowest BCUT2D eigenvalue weighted by molar-refractivity contribution is 0.121. The number of ether oxygens (including phenoxy) is 1. The number of carbonyl (C=O) groups excluding carboxylic acids is 1. The van der Waals surface area contributed by atoms with E-state index in [0.717, 1.165) is 33.0 Å². The van der Waals surface area contributed by atoms with Gasteiger partial charge in [-0.15, -0.1) is 11.3 Å². The second-order valence-corrected chi connectivity index (χ2v) is 8.20. The molecule has 0 saturated carbocycles. The summed E-state index contributed by atoms with van der Waals surface area (Å²) in [5, 5.41) is 3.26. The Kier molecular flexibility index (Phi) is 5.64. The van der Waals surface area contributed by atoms with Gasteiger partial charge >= 0.3 is 6.09 Å². The molecule has 152 valence electrons. The maximum atomic E-state index is 11.9. The number of carbonyl (C=O) groups is 1. The summed E-state index contributed by atoms with van der Waals surface area (Å²) in [5.41, 5.74) is 2.32. The number of nitrogens with zero attached hydrogens (tertiary/aromatic N) is 5. The van der Waals surface area contributed by atoms with Crippen molar-refractivity contribution in [2.45, 2.75) is 6.54 Å². The topological polar surface area (TPSA) is 61.8 Å². The van der Waals surface area contributed by atoms with Gasteiger partial charge in [-0.05, 0) is 19.7 Å². The fraction of sp³-hybridized carbons (Fsp3) is 0.381. The number of methoxy groups -OCH3 is 1. The molecule has 1 aliphatic heterocycles. The maximum absolute atomic E-state index is 11.9. The quantitative estimate of drug-likeness (QED) is 0.656. The molecule has 8 heteroatoms. The standard InChI is InChI=1S/C21H25N5O2S/c1-24(2)13-17-22-19(25-9-11-26(12-10-25)21(27)28-3)18-16(14-29-20(18)23-17)15-7-5-4-6-8-15/h4-8,14H,9-13H2,1-3H3. The first kappa shape index (κ1) is 19.6. The third-order valence-corrected chi connectivity index (χ3v) is 5.89. The number of benzene rings is 1. The van der Waals surface area contributed by atoms with E-state index in [1.807, 2.05) is 20.2 Å². The molecule has 7 nitrogen and oxygen atoms in total. The van der Waals surface area contributed by atoms with Crippen molar-refractivity contribution in [3.63, 3.8) is 0 Å². The second-order valence-electron chi connectivity index (χ2n) is 7.34. The van der Waals surface area contributed by atoms with Gasteiger partial charge < -0.3 is 19.4 Å². The van der Waals surface area contributed by atoms with Crippen molar-refractivity contribution in [3.05, 3.63) is 41.5 Å². The van der Waals surface area contributed by atoms with Crippen LogP contribution in [-0.2, 0) is 11.3 Å². The first-order valence-corrected chi connectivity index (χ1v) is 10.5. The summed E-state index contributed by atoms with van der Waals surface area (Å²) in [4.78, 5) is 28.7. The lowest BCUT2D eigenvalue weighted by Gasteiger charge is -2.35. The van der Waals surface area contributed by atoms with Gasteiger partial charge in [0.25, 0.3) is 0 Å². The average molecular weight is 412 g/mol. The highest BCUT2D eigenvalue weighted by Gasteiger charge is 2.26. The van der Waals surface area contributed by atoms with Crippen LogP contribution in [0.2, 0.25) is 0 Å². The van der Waals surface area contributed by atoms with Crippen molar-refractivity contribution in [3.8, 4) is 11.1 Å². The number of anilines is 1. The SMILES string of the molecule is COC(=O)N1CCN(c2nc(CN(C)C)nc3scc(-c4ccccc4)c23)CC1. The van der Waals surface area contributed by atoms with Gasteiger partial charge in [-0.25, -0.2) is 14.8 Å². The summed E-state index contributed by atoms with van der Waals surface area (Å²) in [6, 6.07) is 10.4. The summed E-state index contributed by atoms with van der Waals surface area (Å²) in [6.45, 7) is 3.35. The number of amides is 1. The van der Waals surface area contributed by atoms with Crippen LogP contribution < -0.4 is 4.90 Å². The Bertz CT molecular complexity index is 997. The van der Waals surface area contributed by atoms with E-state index in [9.17, 15) is 4.79 Å². The molecule has 2 aromatic heterocycles. The molecule has 3 heterocycles. The Morgan fingerprint density at radius 3 is 2.52 bits per heavy atom. The van der Waals surface area contributed by atoms with Gasteiger partial charge in [-0.1, -0.05) is 30.3 Å². The van der Waals surface area contributed by atoms with E-state index in [0.29, 0.717) is 32.7 Å². The third-order valence-electron chi connectivity index (χ3n) is 5.02. The summed E-state index contributed by atoms with van der Waals surface area (Å²) in [5.74, 6) is 1.77. The molecule has 0 atom stereocenters. The number of piperazine rings is 1. The molecule has 1 saturated heterocycles. The Hall–Kier alpha value is -2.71. The fourth-order valence-electron chi connectivity index (χ4n) is 3.61. The zero-order valence-electron chi connectivity index (χ0n) is 17.0. The van der Waals surface area contributed by atoms with Crippen LogP contribution in [0.5, 0.6) is 0 Å². The maximum Gasteiger partial charge on any atom is 0.409 e. The van der Waals surface area contributed by atoms with Crippen molar-refractivity contribution < 1.29 is 9.53 Å². The van der Waals surface area contributed by atoms with E-state index in [1.165, 1.54) is 7.11 Å². The van der Waals surface area contributed by atoms with Gasteiger partial charge in [0.1, 0.15) is 16.5 Å². The Morgan fingerprint density at radius 1 is 1.14 bits per heavy atom. The van der Waals surface area contributed by atoms with Gasteiger partial charge in [0, 0.05) is 37.1 Å². The first-order valence-electron chi connectivity index (χ1n) is 9.63. The second kappa shape index (κ2) is 8.34. The van der Waals surface area contributed by atoms with E-state index < -0.39 is 0 Å². The Labute approximate surface area is 174 Å². The van der Waals surface area contributed by atoms with Gasteiger partial charge in [0.2, 0.25) is 0 Å². The monoisotopic (exact) mass is 411 g/mol. The average Bonchev–Trinajstić information content (AvgIpc) is 3.17. The van der Waals surface area contributed by atoms with Gasteiger partial charge in [-0.2, -0.15) is 0 Å². The zero-order chi connectivity index (χ0) is 20.4. The van der Waals surface area contributed by atoms with Crippen LogP contribution in [0.1, 0.15) is 5.82 Å². The summed E-state index contributed by atoms with van der Waals surface area (Å²) in [7, 11) is 5.46. The molecule has 0 bridgehead atoms. The molecule has 0 aliphatic carbocycles. The minimum atomic E-state index is -0.272. The van der Waals surface area contributed by atoms with Crippen LogP contribution in [0.4, 0.5) is 10.6 Å². The van der Waals surface area contributed by atoms with E-state index in [2.05, 4.69) is 39.4 Å². The number of fused-ring (bicyclic) bond motifs is 1. The van der Waals surface area contributed by atoms with E-state index in [1.54, 1.807) is 16.2 Å². The highest BCUT2D eigenvalue weighted by Crippen LogP contribution is 2.38. The van der Waals surface area contributed by atoms with E-state index in [4.69, 9.17) is 14.7 Å². The zero-order valence-corrected chi connectivity index (χ0v) is 17.8. The van der Waals surface area contributed by atoms with Crippen LogP contribution in [0.3, 0.4) is 0 Å². The minimum absolute atomic E-state index is 0.272. The largest absolute Gasteiger partial charge is 0.453 e. The number of thiophene rings is 1. The third kappa shape index (κ3) is 4.04. The summed E-state index contributed by atoms with van der Waals surface area (Å²) < 4.78 is 4.87. The van der Waals surface area contributed by atoms with E-state index >= 15 is 0 Å². The van der Waals surface area contributed by atoms with Crippen LogP contribution in [0, 0.1) is 0 Å². The molecule has 1 fully saturated rings. The van der Waals surface area contributed by atoms with Gasteiger partial charge in [-0.3, -0.25) is 0 Å². The Morgan fingerprint density at radius 2 is 1.86 bits per heavy atom. The number of rotatable bonds is 4. The molecule has 1 amide bonds. The predicted octanol–water partition coefficient (Wildman–Crippen LogP) is 3.31. The summed E-state index contributed by atoms with van der Waals surface area (Å²) in [6.07, 6.45) is -0.272. The lowest BCUT2D eigenvalue weighted by Crippen LogP contribution is -2.49. The molecule has 3 aromatic rings. The van der Waals surface area contributed by atoms with Crippen molar-refractivity contribution in [1.29, 1.82) is 0 Å². The first-order chi connectivity index (χ1) is 14.1. The highest BCUT2D eigenvalue weighted by molar-refractivity contribution is 7.17. The van der Waals surface area contributed by atoms with Crippen molar-refractivity contribution in [1.82, 2.24) is 19.8 Å².